The van der Waals surface area contributed by atoms with Gasteiger partial charge in [-0.25, -0.2) is 14.6 Å². The predicted molar refractivity (Wildman–Crippen MR) is 76.0 cm³/mol. The van der Waals surface area contributed by atoms with E-state index in [-0.39, 0.29) is 12.1 Å². The first-order valence-corrected chi connectivity index (χ1v) is 7.07. The van der Waals surface area contributed by atoms with Gasteiger partial charge in [-0.05, 0) is 48.3 Å². The Bertz CT molecular complexity index is 584. The molecule has 2 atom stereocenters. The molecule has 6 nitrogen and oxygen atoms in total. The summed E-state index contributed by atoms with van der Waals surface area (Å²) in [5.41, 5.74) is 6.64. The summed E-state index contributed by atoms with van der Waals surface area (Å²) < 4.78 is 2.72. The molecule has 0 aliphatic heterocycles. The van der Waals surface area contributed by atoms with Gasteiger partial charge in [-0.3, -0.25) is 0 Å². The third-order valence-corrected chi connectivity index (χ3v) is 4.20. The minimum atomic E-state index is -0.236. The van der Waals surface area contributed by atoms with Crippen LogP contribution in [-0.2, 0) is 0 Å². The van der Waals surface area contributed by atoms with Gasteiger partial charge in [0.1, 0.15) is 15.8 Å². The monoisotopic (exact) mass is 359 g/mol. The number of anilines is 1. The second-order valence-electron chi connectivity index (χ2n) is 4.67. The van der Waals surface area contributed by atoms with Crippen LogP contribution < -0.4 is 5.73 Å². The minimum Gasteiger partial charge on any atom is -0.393 e. The Labute approximate surface area is 118 Å². The maximum Gasteiger partial charge on any atom is 0.164 e. The second-order valence-corrected chi connectivity index (χ2v) is 5.69. The topological polar surface area (TPSA) is 89.9 Å². The summed E-state index contributed by atoms with van der Waals surface area (Å²) in [5.74, 6) is 0.465. The molecule has 1 aliphatic rings. The molecule has 0 bridgehead atoms. The Morgan fingerprint density at radius 2 is 2.22 bits per heavy atom. The molecule has 18 heavy (non-hydrogen) atoms. The Kier molecular flexibility index (Phi) is 3.10. The molecule has 0 saturated heterocycles. The molecule has 3 N–H and O–H groups in total. The van der Waals surface area contributed by atoms with E-state index < -0.39 is 0 Å². The van der Waals surface area contributed by atoms with E-state index in [2.05, 4.69) is 37.7 Å². The van der Waals surface area contributed by atoms with Crippen molar-refractivity contribution >= 4 is 39.4 Å². The average molecular weight is 359 g/mol. The van der Waals surface area contributed by atoms with Crippen LogP contribution in [0.15, 0.2) is 6.33 Å². The van der Waals surface area contributed by atoms with E-state index in [9.17, 15) is 5.11 Å². The van der Waals surface area contributed by atoms with Crippen LogP contribution in [0.5, 0.6) is 0 Å². The van der Waals surface area contributed by atoms with Crippen LogP contribution in [0.4, 0.5) is 5.82 Å². The van der Waals surface area contributed by atoms with E-state index in [0.29, 0.717) is 5.82 Å². The molecular weight excluding hydrogens is 345 g/mol. The fourth-order valence-electron chi connectivity index (χ4n) is 2.57. The lowest BCUT2D eigenvalue weighted by atomic mass is 9.93. The third kappa shape index (κ3) is 1.95. The van der Waals surface area contributed by atoms with Gasteiger partial charge in [0.05, 0.1) is 17.5 Å². The van der Waals surface area contributed by atoms with Gasteiger partial charge in [-0.2, -0.15) is 5.10 Å². The summed E-state index contributed by atoms with van der Waals surface area (Å²) in [6, 6.07) is 0.203. The lowest BCUT2D eigenvalue weighted by Crippen LogP contribution is -2.23. The van der Waals surface area contributed by atoms with E-state index in [1.807, 2.05) is 4.68 Å². The van der Waals surface area contributed by atoms with Crippen LogP contribution in [0.3, 0.4) is 0 Å². The number of hydrogen-bond donors (Lipinski definition) is 2. The van der Waals surface area contributed by atoms with Crippen LogP contribution in [0.1, 0.15) is 31.7 Å². The first-order chi connectivity index (χ1) is 8.66. The largest absolute Gasteiger partial charge is 0.393 e. The van der Waals surface area contributed by atoms with E-state index in [1.165, 1.54) is 6.33 Å². The molecular formula is C11H14IN5O. The van der Waals surface area contributed by atoms with Crippen molar-refractivity contribution in [3.8, 4) is 0 Å². The van der Waals surface area contributed by atoms with Gasteiger partial charge in [0.25, 0.3) is 0 Å². The normalized spacial score (nSPS) is 24.6. The maximum absolute atomic E-state index is 9.77. The highest BCUT2D eigenvalue weighted by atomic mass is 127. The number of fused-ring (bicyclic) bond motifs is 1. The van der Waals surface area contributed by atoms with E-state index in [4.69, 9.17) is 5.73 Å². The van der Waals surface area contributed by atoms with Gasteiger partial charge < -0.3 is 10.8 Å². The number of nitrogens with zero attached hydrogens (tertiary/aromatic N) is 4. The van der Waals surface area contributed by atoms with Gasteiger partial charge in [0.15, 0.2) is 5.65 Å². The zero-order valence-electron chi connectivity index (χ0n) is 9.75. The molecule has 3 rings (SSSR count). The fourth-order valence-corrected chi connectivity index (χ4v) is 3.32. The zero-order chi connectivity index (χ0) is 12.7. The van der Waals surface area contributed by atoms with E-state index in [1.54, 1.807) is 0 Å². The molecule has 7 heteroatoms. The molecule has 1 aliphatic carbocycles. The van der Waals surface area contributed by atoms with Gasteiger partial charge in [-0.15, -0.1) is 0 Å². The summed E-state index contributed by atoms with van der Waals surface area (Å²) in [4.78, 5) is 8.29. The summed E-state index contributed by atoms with van der Waals surface area (Å²) in [5, 5.41) is 15.1. The molecule has 0 amide bonds. The first-order valence-electron chi connectivity index (χ1n) is 5.99. The lowest BCUT2D eigenvalue weighted by Gasteiger charge is -2.26. The SMILES string of the molecule is Nc1ncnc2c1c(I)nn2[C@@H]1CCC[C@@H](O)C1. The number of nitrogens with two attached hydrogens (primary N) is 1. The van der Waals surface area contributed by atoms with Crippen molar-refractivity contribution < 1.29 is 5.11 Å². The van der Waals surface area contributed by atoms with Crippen molar-refractivity contribution in [1.82, 2.24) is 19.7 Å². The number of aliphatic hydroxyl groups excluding tert-OH is 1. The second kappa shape index (κ2) is 4.61. The van der Waals surface area contributed by atoms with Gasteiger partial charge in [0.2, 0.25) is 0 Å². The summed E-state index contributed by atoms with van der Waals surface area (Å²) in [6.07, 6.45) is 4.88. The predicted octanol–water partition coefficient (Wildman–Crippen LogP) is 1.49. The number of rotatable bonds is 1. The third-order valence-electron chi connectivity index (χ3n) is 3.44. The summed E-state index contributed by atoms with van der Waals surface area (Å²) in [7, 11) is 0. The highest BCUT2D eigenvalue weighted by Gasteiger charge is 2.25. The Balaban J connectivity index is 2.09. The Hall–Kier alpha value is -0.960. The van der Waals surface area contributed by atoms with Crippen molar-refractivity contribution in [1.29, 1.82) is 0 Å². The van der Waals surface area contributed by atoms with E-state index >= 15 is 0 Å². The molecule has 0 radical (unpaired) electrons. The van der Waals surface area contributed by atoms with Crippen molar-refractivity contribution in [2.75, 3.05) is 5.73 Å². The molecule has 0 unspecified atom stereocenters. The lowest BCUT2D eigenvalue weighted by molar-refractivity contribution is 0.101. The highest BCUT2D eigenvalue weighted by molar-refractivity contribution is 14.1. The number of nitrogen functional groups attached to an aromatic ring is 1. The quantitative estimate of drug-likeness (QED) is 0.753. The fraction of sp³-hybridized carbons (Fsp3) is 0.545. The summed E-state index contributed by atoms with van der Waals surface area (Å²) in [6.45, 7) is 0. The van der Waals surface area contributed by atoms with Gasteiger partial charge >= 0.3 is 0 Å². The average Bonchev–Trinajstić information content (AvgIpc) is 2.68. The Morgan fingerprint density at radius 1 is 1.39 bits per heavy atom. The molecule has 2 aromatic heterocycles. The molecule has 2 aromatic rings. The van der Waals surface area contributed by atoms with Crippen LogP contribution in [-0.4, -0.2) is 31.0 Å². The molecule has 2 heterocycles. The maximum atomic E-state index is 9.77. The first kappa shape index (κ1) is 12.1. The molecule has 0 aromatic carbocycles. The van der Waals surface area contributed by atoms with Gasteiger partial charge in [-0.1, -0.05) is 0 Å². The number of halogens is 1. The minimum absolute atomic E-state index is 0.203. The highest BCUT2D eigenvalue weighted by Crippen LogP contribution is 2.32. The molecule has 96 valence electrons. The molecule has 1 fully saturated rings. The van der Waals surface area contributed by atoms with Crippen molar-refractivity contribution in [3.05, 3.63) is 10.0 Å². The van der Waals surface area contributed by atoms with Crippen molar-refractivity contribution in [2.45, 2.75) is 37.8 Å². The molecule has 1 saturated carbocycles. The number of aromatic nitrogens is 4. The van der Waals surface area contributed by atoms with Crippen LogP contribution >= 0.6 is 22.6 Å². The zero-order valence-corrected chi connectivity index (χ0v) is 11.9. The molecule has 0 spiro atoms. The van der Waals surface area contributed by atoms with Crippen LogP contribution in [0.2, 0.25) is 0 Å². The van der Waals surface area contributed by atoms with Crippen LogP contribution in [0.25, 0.3) is 11.0 Å². The standard InChI is InChI=1S/C11H14IN5O/c12-9-8-10(13)14-5-15-11(8)17(16-9)6-2-1-3-7(18)4-6/h5-7,18H,1-4H2,(H2,13,14,15)/t6-,7-/m1/s1. The van der Waals surface area contributed by atoms with Crippen molar-refractivity contribution in [2.24, 2.45) is 0 Å². The Morgan fingerprint density at radius 3 is 3.00 bits per heavy atom. The summed E-state index contributed by atoms with van der Waals surface area (Å²) >= 11 is 2.15. The van der Waals surface area contributed by atoms with Crippen molar-refractivity contribution in [3.63, 3.8) is 0 Å². The van der Waals surface area contributed by atoms with E-state index in [0.717, 1.165) is 40.4 Å². The smallest absolute Gasteiger partial charge is 0.164 e. The number of hydrogen-bond acceptors (Lipinski definition) is 5. The van der Waals surface area contributed by atoms with Gasteiger partial charge in [0, 0.05) is 0 Å². The number of aliphatic hydroxyl groups is 1. The van der Waals surface area contributed by atoms with Crippen LogP contribution in [0, 0.1) is 3.70 Å².